The van der Waals surface area contributed by atoms with Gasteiger partial charge in [0.1, 0.15) is 12.4 Å². The Hall–Kier alpha value is -0.630. The summed E-state index contributed by atoms with van der Waals surface area (Å²) in [5.74, 6) is 0. The summed E-state index contributed by atoms with van der Waals surface area (Å²) in [6, 6.07) is 0. The molecule has 0 spiro atoms. The van der Waals surface area contributed by atoms with Crippen LogP contribution in [0.3, 0.4) is 0 Å². The molecule has 0 aromatic heterocycles. The Morgan fingerprint density at radius 3 is 2.89 bits per heavy atom. The highest BCUT2D eigenvalue weighted by atomic mass is 16.6. The van der Waals surface area contributed by atoms with Crippen LogP contribution in [-0.4, -0.2) is 18.5 Å². The minimum atomic E-state index is 0.222. The molecule has 1 heterocycles. The van der Waals surface area contributed by atoms with Gasteiger partial charge in [-0.15, -0.1) is 0 Å². The van der Waals surface area contributed by atoms with Crippen LogP contribution in [0.4, 0.5) is 0 Å². The van der Waals surface area contributed by atoms with Gasteiger partial charge in [-0.1, -0.05) is 13.0 Å². The van der Waals surface area contributed by atoms with Crippen LogP contribution in [0.1, 0.15) is 13.3 Å². The van der Waals surface area contributed by atoms with E-state index in [1.54, 1.807) is 6.08 Å². The van der Waals surface area contributed by atoms with Crippen molar-refractivity contribution < 1.29 is 9.53 Å². The number of carbonyl (C=O) groups excluding carboxylic acids is 1. The molecule has 0 N–H and O–H groups in total. The largest absolute Gasteiger partial charge is 0.365 e. The number of hydrogen-bond donors (Lipinski definition) is 0. The zero-order valence-corrected chi connectivity index (χ0v) is 5.41. The minimum Gasteiger partial charge on any atom is -0.365 e. The van der Waals surface area contributed by atoms with Crippen molar-refractivity contribution in [3.05, 3.63) is 12.2 Å². The molecule has 2 atom stereocenters. The first-order valence-electron chi connectivity index (χ1n) is 3.16. The van der Waals surface area contributed by atoms with Gasteiger partial charge in [0.2, 0.25) is 0 Å². The monoisotopic (exact) mass is 126 g/mol. The van der Waals surface area contributed by atoms with Crippen molar-refractivity contribution in [2.24, 2.45) is 0 Å². The average molecular weight is 126 g/mol. The molecule has 2 unspecified atom stereocenters. The number of epoxide rings is 1. The third-order valence-corrected chi connectivity index (χ3v) is 1.40. The maximum absolute atomic E-state index is 9.79. The molecule has 0 saturated carbocycles. The molecule has 1 fully saturated rings. The predicted molar refractivity (Wildman–Crippen MR) is 34.2 cm³/mol. The second kappa shape index (κ2) is 2.78. The number of hydrogen-bond acceptors (Lipinski definition) is 2. The van der Waals surface area contributed by atoms with Gasteiger partial charge >= 0.3 is 0 Å². The average Bonchev–Trinajstić information content (AvgIpc) is 2.62. The number of aldehydes is 1. The lowest BCUT2D eigenvalue weighted by molar-refractivity contribution is -0.104. The maximum Gasteiger partial charge on any atom is 0.142 e. The fraction of sp³-hybridized carbons (Fsp3) is 0.571. The third-order valence-electron chi connectivity index (χ3n) is 1.40. The number of ether oxygens (including phenoxy) is 1. The van der Waals surface area contributed by atoms with Crippen LogP contribution in [-0.2, 0) is 9.53 Å². The van der Waals surface area contributed by atoms with Crippen LogP contribution in [0.2, 0.25) is 0 Å². The van der Waals surface area contributed by atoms with E-state index in [9.17, 15) is 4.79 Å². The molecule has 9 heavy (non-hydrogen) atoms. The molecular formula is C7H10O2. The second-order valence-electron chi connectivity index (χ2n) is 2.07. The predicted octanol–water partition coefficient (Wildman–Crippen LogP) is 0.919. The summed E-state index contributed by atoms with van der Waals surface area (Å²) in [5.41, 5.74) is 0. The van der Waals surface area contributed by atoms with Crippen molar-refractivity contribution in [2.75, 3.05) is 0 Å². The molecule has 0 bridgehead atoms. The smallest absolute Gasteiger partial charge is 0.142 e. The normalized spacial score (nSPS) is 33.0. The van der Waals surface area contributed by atoms with Crippen LogP contribution < -0.4 is 0 Å². The molecule has 0 radical (unpaired) electrons. The Balaban J connectivity index is 2.18. The van der Waals surface area contributed by atoms with Gasteiger partial charge < -0.3 is 4.74 Å². The first kappa shape index (κ1) is 6.49. The number of rotatable bonds is 3. The number of allylic oxidation sites excluding steroid dienone is 1. The fourth-order valence-electron chi connectivity index (χ4n) is 0.809. The molecule has 1 aliphatic rings. The van der Waals surface area contributed by atoms with E-state index in [-0.39, 0.29) is 6.10 Å². The van der Waals surface area contributed by atoms with Crippen LogP contribution >= 0.6 is 0 Å². The standard InChI is InChI=1S/C7H10O2/c1-2-6-7(9-6)4-3-5-8/h3-7H,2H2,1H3/b4-3+. The summed E-state index contributed by atoms with van der Waals surface area (Å²) in [6.45, 7) is 2.07. The van der Waals surface area contributed by atoms with Crippen molar-refractivity contribution in [3.8, 4) is 0 Å². The zero-order valence-electron chi connectivity index (χ0n) is 5.41. The molecule has 0 aromatic carbocycles. The van der Waals surface area contributed by atoms with Crippen molar-refractivity contribution in [2.45, 2.75) is 25.6 Å². The highest BCUT2D eigenvalue weighted by Gasteiger charge is 2.33. The van der Waals surface area contributed by atoms with Crippen molar-refractivity contribution in [1.82, 2.24) is 0 Å². The summed E-state index contributed by atoms with van der Waals surface area (Å²) >= 11 is 0. The van der Waals surface area contributed by atoms with Crippen LogP contribution in [0, 0.1) is 0 Å². The molecule has 1 aliphatic heterocycles. The lowest BCUT2D eigenvalue weighted by Crippen LogP contribution is -1.85. The van der Waals surface area contributed by atoms with E-state index in [0.717, 1.165) is 12.7 Å². The SMILES string of the molecule is CCC1OC1/C=C/C=O. The fourth-order valence-corrected chi connectivity index (χ4v) is 0.809. The Labute approximate surface area is 54.5 Å². The van der Waals surface area contributed by atoms with Gasteiger partial charge in [-0.25, -0.2) is 0 Å². The summed E-state index contributed by atoms with van der Waals surface area (Å²) in [4.78, 5) is 9.79. The van der Waals surface area contributed by atoms with E-state index in [2.05, 4.69) is 6.92 Å². The summed E-state index contributed by atoms with van der Waals surface area (Å²) in [5, 5.41) is 0. The maximum atomic E-state index is 9.79. The van der Waals surface area contributed by atoms with Gasteiger partial charge in [0.25, 0.3) is 0 Å². The second-order valence-corrected chi connectivity index (χ2v) is 2.07. The number of carbonyl (C=O) groups is 1. The Morgan fingerprint density at radius 1 is 1.67 bits per heavy atom. The summed E-state index contributed by atoms with van der Waals surface area (Å²) < 4.78 is 5.12. The quantitative estimate of drug-likeness (QED) is 0.319. The lowest BCUT2D eigenvalue weighted by Gasteiger charge is -1.75. The molecule has 1 saturated heterocycles. The van der Waals surface area contributed by atoms with Gasteiger partial charge in [0, 0.05) is 0 Å². The molecule has 2 nitrogen and oxygen atoms in total. The minimum absolute atomic E-state index is 0.222. The van der Waals surface area contributed by atoms with Gasteiger partial charge in [-0.05, 0) is 12.5 Å². The van der Waals surface area contributed by atoms with E-state index in [1.807, 2.05) is 0 Å². The summed E-state index contributed by atoms with van der Waals surface area (Å²) in [7, 11) is 0. The van der Waals surface area contributed by atoms with Crippen molar-refractivity contribution in [3.63, 3.8) is 0 Å². The summed E-state index contributed by atoms with van der Waals surface area (Å²) in [6.07, 6.45) is 5.69. The van der Waals surface area contributed by atoms with Gasteiger partial charge in [0.15, 0.2) is 0 Å². The van der Waals surface area contributed by atoms with Crippen LogP contribution in [0.5, 0.6) is 0 Å². The molecule has 2 heteroatoms. The lowest BCUT2D eigenvalue weighted by atomic mass is 10.2. The van der Waals surface area contributed by atoms with Crippen LogP contribution in [0.15, 0.2) is 12.2 Å². The molecular weight excluding hydrogens is 116 g/mol. The Kier molecular flexibility index (Phi) is 2.01. The van der Waals surface area contributed by atoms with Crippen molar-refractivity contribution >= 4 is 6.29 Å². The molecule has 1 rings (SSSR count). The van der Waals surface area contributed by atoms with Crippen molar-refractivity contribution in [1.29, 1.82) is 0 Å². The molecule has 0 amide bonds. The highest BCUT2D eigenvalue weighted by Crippen LogP contribution is 2.25. The third kappa shape index (κ3) is 1.64. The van der Waals surface area contributed by atoms with E-state index in [1.165, 1.54) is 6.08 Å². The van der Waals surface area contributed by atoms with Gasteiger partial charge in [-0.2, -0.15) is 0 Å². The van der Waals surface area contributed by atoms with Gasteiger partial charge in [-0.3, -0.25) is 4.79 Å². The highest BCUT2D eigenvalue weighted by molar-refractivity contribution is 5.64. The molecule has 50 valence electrons. The van der Waals surface area contributed by atoms with E-state index in [0.29, 0.717) is 6.10 Å². The van der Waals surface area contributed by atoms with E-state index >= 15 is 0 Å². The van der Waals surface area contributed by atoms with E-state index < -0.39 is 0 Å². The Morgan fingerprint density at radius 2 is 2.44 bits per heavy atom. The van der Waals surface area contributed by atoms with E-state index in [4.69, 9.17) is 4.74 Å². The van der Waals surface area contributed by atoms with Gasteiger partial charge in [0.05, 0.1) is 6.10 Å². The zero-order chi connectivity index (χ0) is 6.69. The first-order valence-corrected chi connectivity index (χ1v) is 3.16. The molecule has 0 aromatic rings. The Bertz CT molecular complexity index is 129. The first-order chi connectivity index (χ1) is 4.38. The molecule has 0 aliphatic carbocycles. The van der Waals surface area contributed by atoms with Crippen LogP contribution in [0.25, 0.3) is 0 Å². The topological polar surface area (TPSA) is 29.6 Å².